The lowest BCUT2D eigenvalue weighted by Crippen LogP contribution is -2.43. The second-order valence-corrected chi connectivity index (χ2v) is 5.29. The summed E-state index contributed by atoms with van der Waals surface area (Å²) >= 11 is 0. The monoisotopic (exact) mass is 267 g/mol. The van der Waals surface area contributed by atoms with Crippen molar-refractivity contribution in [2.75, 3.05) is 18.4 Å². The van der Waals surface area contributed by atoms with Crippen molar-refractivity contribution in [3.63, 3.8) is 0 Å². The summed E-state index contributed by atoms with van der Waals surface area (Å²) in [5.41, 5.74) is 0. The van der Waals surface area contributed by atoms with E-state index < -0.39 is 11.8 Å². The third kappa shape index (κ3) is 5.07. The molecule has 0 unspecified atom stereocenters. The number of rotatable bonds is 5. The predicted molar refractivity (Wildman–Crippen MR) is 71.3 cm³/mol. The van der Waals surface area contributed by atoms with Gasteiger partial charge in [-0.2, -0.15) is 10.1 Å². The molecule has 0 aliphatic rings. The molecule has 1 aromatic rings. The summed E-state index contributed by atoms with van der Waals surface area (Å²) in [6, 6.07) is 0. The summed E-state index contributed by atoms with van der Waals surface area (Å²) < 4.78 is 0. The van der Waals surface area contributed by atoms with Gasteiger partial charge in [-0.15, -0.1) is 0 Å². The Labute approximate surface area is 112 Å². The second-order valence-electron chi connectivity index (χ2n) is 5.29. The van der Waals surface area contributed by atoms with E-state index in [-0.39, 0.29) is 5.95 Å². The van der Waals surface area contributed by atoms with E-state index in [1.807, 2.05) is 27.7 Å². The first-order chi connectivity index (χ1) is 8.90. The van der Waals surface area contributed by atoms with Crippen LogP contribution in [-0.2, 0) is 9.59 Å². The van der Waals surface area contributed by atoms with Crippen molar-refractivity contribution in [1.29, 1.82) is 0 Å². The van der Waals surface area contributed by atoms with Crippen LogP contribution in [0.15, 0.2) is 6.33 Å². The molecule has 1 aromatic heterocycles. The zero-order valence-electron chi connectivity index (χ0n) is 11.8. The Morgan fingerprint density at radius 3 is 2.26 bits per heavy atom. The van der Waals surface area contributed by atoms with Gasteiger partial charge in [0.15, 0.2) is 0 Å². The fourth-order valence-corrected chi connectivity index (χ4v) is 1.69. The molecule has 1 rings (SSSR count). The van der Waals surface area contributed by atoms with E-state index in [2.05, 4.69) is 20.5 Å². The molecule has 0 saturated carbocycles. The number of carbonyl (C=O) groups excluding carboxylic acids is 2. The zero-order chi connectivity index (χ0) is 14.4. The highest BCUT2D eigenvalue weighted by atomic mass is 16.2. The highest BCUT2D eigenvalue weighted by molar-refractivity contribution is 6.39. The third-order valence-corrected chi connectivity index (χ3v) is 2.30. The fraction of sp³-hybridized carbons (Fsp3) is 0.667. The van der Waals surface area contributed by atoms with Gasteiger partial charge in [-0.25, -0.2) is 5.10 Å². The quantitative estimate of drug-likeness (QED) is 0.775. The number of anilines is 1. The Morgan fingerprint density at radius 1 is 1.26 bits per heavy atom. The molecular weight excluding hydrogens is 246 g/mol. The van der Waals surface area contributed by atoms with Gasteiger partial charge in [0.25, 0.3) is 0 Å². The molecular formula is C12H21N5O2. The molecule has 0 atom stereocenters. The standard InChI is InChI=1S/C12H21N5O2/c1-8(2)5-17(6-9(3)4)11(19)10(18)15-12-13-7-14-16-12/h7-9H,5-6H2,1-4H3,(H2,13,14,15,16,18). The molecule has 1 heterocycles. The Morgan fingerprint density at radius 2 is 1.84 bits per heavy atom. The van der Waals surface area contributed by atoms with Gasteiger partial charge in [0.05, 0.1) is 0 Å². The third-order valence-electron chi connectivity index (χ3n) is 2.30. The molecule has 0 saturated heterocycles. The Balaban J connectivity index is 2.66. The van der Waals surface area contributed by atoms with E-state index in [1.165, 1.54) is 6.33 Å². The van der Waals surface area contributed by atoms with Crippen LogP contribution in [0.3, 0.4) is 0 Å². The number of aromatic nitrogens is 3. The summed E-state index contributed by atoms with van der Waals surface area (Å²) in [4.78, 5) is 29.2. The Bertz CT molecular complexity index is 404. The van der Waals surface area contributed by atoms with Crippen LogP contribution >= 0.6 is 0 Å². The average Bonchev–Trinajstić information content (AvgIpc) is 2.78. The second kappa shape index (κ2) is 6.86. The molecule has 19 heavy (non-hydrogen) atoms. The van der Waals surface area contributed by atoms with Crippen LogP contribution in [0.5, 0.6) is 0 Å². The van der Waals surface area contributed by atoms with Crippen molar-refractivity contribution in [2.24, 2.45) is 11.8 Å². The lowest BCUT2D eigenvalue weighted by Gasteiger charge is -2.25. The van der Waals surface area contributed by atoms with Gasteiger partial charge < -0.3 is 4.90 Å². The fourth-order valence-electron chi connectivity index (χ4n) is 1.69. The van der Waals surface area contributed by atoms with Crippen LogP contribution in [0.2, 0.25) is 0 Å². The molecule has 0 aliphatic heterocycles. The summed E-state index contributed by atoms with van der Waals surface area (Å²) in [7, 11) is 0. The largest absolute Gasteiger partial charge is 0.334 e. The van der Waals surface area contributed by atoms with Crippen LogP contribution in [-0.4, -0.2) is 45.0 Å². The molecule has 0 aliphatic carbocycles. The van der Waals surface area contributed by atoms with Gasteiger partial charge in [-0.1, -0.05) is 27.7 Å². The van der Waals surface area contributed by atoms with Crippen molar-refractivity contribution in [3.05, 3.63) is 6.33 Å². The first-order valence-electron chi connectivity index (χ1n) is 6.35. The minimum atomic E-state index is -0.696. The van der Waals surface area contributed by atoms with Crippen LogP contribution < -0.4 is 5.32 Å². The number of carbonyl (C=O) groups is 2. The summed E-state index contributed by atoms with van der Waals surface area (Å²) in [6.45, 7) is 9.15. The number of aromatic amines is 1. The average molecular weight is 267 g/mol. The van der Waals surface area contributed by atoms with Crippen LogP contribution in [0, 0.1) is 11.8 Å². The molecule has 0 radical (unpaired) electrons. The lowest BCUT2D eigenvalue weighted by molar-refractivity contribution is -0.143. The SMILES string of the molecule is CC(C)CN(CC(C)C)C(=O)C(=O)Nc1ncn[nH]1. The molecule has 0 aromatic carbocycles. The first-order valence-corrected chi connectivity index (χ1v) is 6.35. The highest BCUT2D eigenvalue weighted by Gasteiger charge is 2.23. The van der Waals surface area contributed by atoms with Gasteiger partial charge in [0.1, 0.15) is 6.33 Å². The minimum absolute atomic E-state index is 0.174. The maximum atomic E-state index is 12.1. The molecule has 2 amide bonds. The maximum Gasteiger partial charge on any atom is 0.316 e. The van der Waals surface area contributed by atoms with E-state index in [9.17, 15) is 9.59 Å². The zero-order valence-corrected chi connectivity index (χ0v) is 11.8. The molecule has 0 spiro atoms. The van der Waals surface area contributed by atoms with Crippen molar-refractivity contribution in [1.82, 2.24) is 20.1 Å². The van der Waals surface area contributed by atoms with Crippen molar-refractivity contribution < 1.29 is 9.59 Å². The Hall–Kier alpha value is -1.92. The first kappa shape index (κ1) is 15.1. The van der Waals surface area contributed by atoms with E-state index in [4.69, 9.17) is 0 Å². The van der Waals surface area contributed by atoms with Crippen LogP contribution in [0.4, 0.5) is 5.95 Å². The van der Waals surface area contributed by atoms with E-state index >= 15 is 0 Å². The van der Waals surface area contributed by atoms with Gasteiger partial charge >= 0.3 is 11.8 Å². The smallest absolute Gasteiger partial charge is 0.316 e. The normalized spacial score (nSPS) is 10.8. The summed E-state index contributed by atoms with van der Waals surface area (Å²) in [5, 5.41) is 8.47. The van der Waals surface area contributed by atoms with Crippen molar-refractivity contribution in [2.45, 2.75) is 27.7 Å². The molecule has 7 nitrogen and oxygen atoms in total. The summed E-state index contributed by atoms with van der Waals surface area (Å²) in [6.07, 6.45) is 1.26. The number of nitrogens with zero attached hydrogens (tertiary/aromatic N) is 3. The predicted octanol–water partition coefficient (Wildman–Crippen LogP) is 0.884. The molecule has 106 valence electrons. The van der Waals surface area contributed by atoms with E-state index in [0.717, 1.165) is 0 Å². The molecule has 7 heteroatoms. The highest BCUT2D eigenvalue weighted by Crippen LogP contribution is 2.05. The van der Waals surface area contributed by atoms with E-state index in [1.54, 1.807) is 4.90 Å². The minimum Gasteiger partial charge on any atom is -0.334 e. The van der Waals surface area contributed by atoms with Crippen molar-refractivity contribution >= 4 is 17.8 Å². The topological polar surface area (TPSA) is 91.0 Å². The summed E-state index contributed by atoms with van der Waals surface area (Å²) in [5.74, 6) is -0.453. The molecule has 2 N–H and O–H groups in total. The van der Waals surface area contributed by atoms with Crippen LogP contribution in [0.1, 0.15) is 27.7 Å². The number of nitrogens with one attached hydrogen (secondary N) is 2. The molecule has 0 fully saturated rings. The number of H-pyrrole nitrogens is 1. The van der Waals surface area contributed by atoms with Gasteiger partial charge in [-0.3, -0.25) is 14.9 Å². The van der Waals surface area contributed by atoms with Gasteiger partial charge in [-0.05, 0) is 11.8 Å². The van der Waals surface area contributed by atoms with Crippen LogP contribution in [0.25, 0.3) is 0 Å². The van der Waals surface area contributed by atoms with Gasteiger partial charge in [0.2, 0.25) is 5.95 Å². The number of hydrogen-bond donors (Lipinski definition) is 2. The van der Waals surface area contributed by atoms with Crippen molar-refractivity contribution in [3.8, 4) is 0 Å². The number of hydrogen-bond acceptors (Lipinski definition) is 4. The Kier molecular flexibility index (Phi) is 5.47. The van der Waals surface area contributed by atoms with Gasteiger partial charge in [0, 0.05) is 13.1 Å². The molecule has 0 bridgehead atoms. The number of amides is 2. The lowest BCUT2D eigenvalue weighted by atomic mass is 10.1. The van der Waals surface area contributed by atoms with E-state index in [0.29, 0.717) is 24.9 Å². The maximum absolute atomic E-state index is 12.1.